The summed E-state index contributed by atoms with van der Waals surface area (Å²) in [6, 6.07) is 9.57. The van der Waals surface area contributed by atoms with Crippen molar-refractivity contribution >= 4 is 11.8 Å². The maximum atomic E-state index is 3.41. The Morgan fingerprint density at radius 2 is 2.08 bits per heavy atom. The van der Waals surface area contributed by atoms with Crippen molar-refractivity contribution in [3.63, 3.8) is 0 Å². The first-order valence-electron chi connectivity index (χ1n) is 4.86. The number of hydrogen-bond donors (Lipinski definition) is 1. The topological polar surface area (TPSA) is 12.0 Å². The summed E-state index contributed by atoms with van der Waals surface area (Å²) >= 11 is 1.90. The predicted molar refractivity (Wildman–Crippen MR) is 58.2 cm³/mol. The Bertz CT molecular complexity index is 264. The lowest BCUT2D eigenvalue weighted by Crippen LogP contribution is -2.34. The molecule has 13 heavy (non-hydrogen) atoms. The molecule has 1 nitrogen and oxygen atoms in total. The Hall–Kier alpha value is -0.470. The molecule has 1 atom stereocenters. The van der Waals surface area contributed by atoms with Crippen molar-refractivity contribution in [1.29, 1.82) is 0 Å². The van der Waals surface area contributed by atoms with Gasteiger partial charge in [-0.25, -0.2) is 0 Å². The zero-order valence-corrected chi connectivity index (χ0v) is 8.73. The molecule has 1 aromatic rings. The summed E-state index contributed by atoms with van der Waals surface area (Å²) in [5, 5.41) is 3.41. The van der Waals surface area contributed by atoms with Crippen molar-refractivity contribution in [2.45, 2.75) is 24.3 Å². The minimum atomic E-state index is 0.626. The normalized spacial score (nSPS) is 21.2. The third kappa shape index (κ3) is 2.06. The average molecular weight is 193 g/mol. The zero-order chi connectivity index (χ0) is 9.10. The van der Waals surface area contributed by atoms with E-state index < -0.39 is 0 Å². The van der Waals surface area contributed by atoms with E-state index in [-0.39, 0.29) is 0 Å². The van der Waals surface area contributed by atoms with E-state index in [2.05, 4.69) is 36.5 Å². The summed E-state index contributed by atoms with van der Waals surface area (Å²) in [6.45, 7) is 3.36. The fourth-order valence-corrected chi connectivity index (χ4v) is 2.20. The number of hydrogen-bond acceptors (Lipinski definition) is 2. The van der Waals surface area contributed by atoms with E-state index in [1.807, 2.05) is 11.8 Å². The highest BCUT2D eigenvalue weighted by molar-refractivity contribution is 7.99. The van der Waals surface area contributed by atoms with Crippen LogP contribution in [0.25, 0.3) is 0 Å². The van der Waals surface area contributed by atoms with Crippen molar-refractivity contribution in [2.75, 3.05) is 12.3 Å². The van der Waals surface area contributed by atoms with Gasteiger partial charge in [-0.15, -0.1) is 11.8 Å². The van der Waals surface area contributed by atoms with Gasteiger partial charge in [0.1, 0.15) is 0 Å². The first-order chi connectivity index (χ1) is 6.40. The molecule has 1 aromatic carbocycles. The predicted octanol–water partition coefficient (Wildman–Crippen LogP) is 2.83. The molecule has 0 aromatic heterocycles. The lowest BCUT2D eigenvalue weighted by atomic mass is 9.98. The molecule has 0 unspecified atom stereocenters. The molecule has 0 radical (unpaired) electrons. The summed E-state index contributed by atoms with van der Waals surface area (Å²) in [5.74, 6) is 1.15. The van der Waals surface area contributed by atoms with Gasteiger partial charge in [-0.3, -0.25) is 0 Å². The highest BCUT2D eigenvalue weighted by Crippen LogP contribution is 2.25. The third-order valence-electron chi connectivity index (χ3n) is 2.42. The minimum Gasteiger partial charge on any atom is -0.310 e. The monoisotopic (exact) mass is 193 g/mol. The summed E-state index contributed by atoms with van der Waals surface area (Å²) < 4.78 is 0. The maximum absolute atomic E-state index is 3.41. The van der Waals surface area contributed by atoms with Crippen LogP contribution in [0.4, 0.5) is 0 Å². The molecule has 1 aliphatic rings. The quantitative estimate of drug-likeness (QED) is 0.741. The molecule has 1 aliphatic heterocycles. The Morgan fingerprint density at radius 3 is 2.54 bits per heavy atom. The van der Waals surface area contributed by atoms with Crippen LogP contribution in [0.5, 0.6) is 0 Å². The molecule has 1 N–H and O–H groups in total. The van der Waals surface area contributed by atoms with Gasteiger partial charge in [0.2, 0.25) is 0 Å². The van der Waals surface area contributed by atoms with Crippen molar-refractivity contribution < 1.29 is 0 Å². The van der Waals surface area contributed by atoms with Crippen molar-refractivity contribution in [2.24, 2.45) is 0 Å². The standard InChI is InChI=1S/C11H15NS/c1-2-13-10-5-3-9(4-6-10)11-7-8-12-11/h3-6,11-12H,2,7-8H2,1H3/t11-/m1/s1. The highest BCUT2D eigenvalue weighted by atomic mass is 32.2. The first kappa shape index (κ1) is 9.10. The number of thioether (sulfide) groups is 1. The van der Waals surface area contributed by atoms with Crippen LogP contribution in [0.2, 0.25) is 0 Å². The average Bonchev–Trinajstić information content (AvgIpc) is 2.06. The van der Waals surface area contributed by atoms with Crippen molar-refractivity contribution in [1.82, 2.24) is 5.32 Å². The molecule has 0 aliphatic carbocycles. The van der Waals surface area contributed by atoms with Crippen LogP contribution in [-0.2, 0) is 0 Å². The van der Waals surface area contributed by atoms with Crippen LogP contribution < -0.4 is 5.32 Å². The van der Waals surface area contributed by atoms with E-state index in [1.54, 1.807) is 0 Å². The van der Waals surface area contributed by atoms with E-state index in [0.29, 0.717) is 6.04 Å². The molecule has 70 valence electrons. The molecule has 0 bridgehead atoms. The summed E-state index contributed by atoms with van der Waals surface area (Å²) in [7, 11) is 0. The molecule has 1 heterocycles. The van der Waals surface area contributed by atoms with Gasteiger partial charge in [0.15, 0.2) is 0 Å². The third-order valence-corrected chi connectivity index (χ3v) is 3.31. The van der Waals surface area contributed by atoms with Gasteiger partial charge in [-0.1, -0.05) is 19.1 Å². The van der Waals surface area contributed by atoms with Crippen molar-refractivity contribution in [3.8, 4) is 0 Å². The summed E-state index contributed by atoms with van der Waals surface area (Å²) in [4.78, 5) is 1.38. The first-order valence-corrected chi connectivity index (χ1v) is 5.85. The minimum absolute atomic E-state index is 0.626. The molecular weight excluding hydrogens is 178 g/mol. The van der Waals surface area contributed by atoms with Gasteiger partial charge in [0, 0.05) is 10.9 Å². The Balaban J connectivity index is 2.04. The lowest BCUT2D eigenvalue weighted by Gasteiger charge is -2.28. The largest absolute Gasteiger partial charge is 0.310 e. The van der Waals surface area contributed by atoms with Gasteiger partial charge in [0.05, 0.1) is 0 Å². The number of benzene rings is 1. The smallest absolute Gasteiger partial charge is 0.0332 e. The Labute approximate surface area is 83.9 Å². The van der Waals surface area contributed by atoms with Crippen LogP contribution in [0.15, 0.2) is 29.2 Å². The molecule has 2 rings (SSSR count). The zero-order valence-electron chi connectivity index (χ0n) is 7.92. The SMILES string of the molecule is CCSc1ccc([C@H]2CCN2)cc1. The van der Waals surface area contributed by atoms with Crippen LogP contribution in [0.1, 0.15) is 24.9 Å². The van der Waals surface area contributed by atoms with Crippen LogP contribution in [0.3, 0.4) is 0 Å². The van der Waals surface area contributed by atoms with E-state index in [1.165, 1.54) is 23.4 Å². The van der Waals surface area contributed by atoms with E-state index in [9.17, 15) is 0 Å². The van der Waals surface area contributed by atoms with Gasteiger partial charge in [0.25, 0.3) is 0 Å². The van der Waals surface area contributed by atoms with Gasteiger partial charge < -0.3 is 5.32 Å². The number of nitrogens with one attached hydrogen (secondary N) is 1. The molecule has 2 heteroatoms. The van der Waals surface area contributed by atoms with Gasteiger partial charge in [-0.05, 0) is 36.4 Å². The molecule has 0 saturated carbocycles. The second kappa shape index (κ2) is 4.16. The second-order valence-corrected chi connectivity index (χ2v) is 4.63. The van der Waals surface area contributed by atoms with Crippen LogP contribution >= 0.6 is 11.8 Å². The van der Waals surface area contributed by atoms with Gasteiger partial charge >= 0.3 is 0 Å². The van der Waals surface area contributed by atoms with E-state index >= 15 is 0 Å². The molecule has 0 spiro atoms. The fourth-order valence-electron chi connectivity index (χ4n) is 1.54. The van der Waals surface area contributed by atoms with Crippen LogP contribution in [0, 0.1) is 0 Å². The van der Waals surface area contributed by atoms with Crippen LogP contribution in [-0.4, -0.2) is 12.3 Å². The summed E-state index contributed by atoms with van der Waals surface area (Å²) in [6.07, 6.45) is 1.29. The van der Waals surface area contributed by atoms with E-state index in [0.717, 1.165) is 5.75 Å². The van der Waals surface area contributed by atoms with Crippen molar-refractivity contribution in [3.05, 3.63) is 29.8 Å². The Morgan fingerprint density at radius 1 is 1.38 bits per heavy atom. The Kier molecular flexibility index (Phi) is 2.91. The number of rotatable bonds is 3. The van der Waals surface area contributed by atoms with E-state index in [4.69, 9.17) is 0 Å². The molecule has 1 fully saturated rings. The fraction of sp³-hybridized carbons (Fsp3) is 0.455. The lowest BCUT2D eigenvalue weighted by molar-refractivity contribution is 0.383. The molecular formula is C11H15NS. The summed E-state index contributed by atoms with van der Waals surface area (Å²) in [5.41, 5.74) is 1.44. The second-order valence-electron chi connectivity index (χ2n) is 3.30. The molecule has 0 amide bonds. The highest BCUT2D eigenvalue weighted by Gasteiger charge is 2.17. The molecule has 1 saturated heterocycles. The van der Waals surface area contributed by atoms with Gasteiger partial charge in [-0.2, -0.15) is 0 Å². The maximum Gasteiger partial charge on any atom is 0.0332 e.